The molecule has 0 amide bonds. The largest absolute Gasteiger partial charge is 0.414 e. The molecule has 6 atom stereocenters. The molecule has 0 bridgehead atoms. The molecule has 6 unspecified atom stereocenters. The second-order valence-electron chi connectivity index (χ2n) is 10.5. The van der Waals surface area contributed by atoms with E-state index in [1.54, 1.807) is 12.7 Å². The fourth-order valence-electron chi connectivity index (χ4n) is 5.90. The Bertz CT molecular complexity index is 1020. The molecule has 1 aliphatic carbocycles. The SMILES string of the molecule is CC[Si](CC)(CC)OC1CCC(Nc2ncnc3c2ncn3C2OC(CO)C3OC(C)(C)OC32)C1. The summed E-state index contributed by atoms with van der Waals surface area (Å²) in [6, 6.07) is 3.81. The van der Waals surface area contributed by atoms with Gasteiger partial charge in [0.25, 0.3) is 0 Å². The summed E-state index contributed by atoms with van der Waals surface area (Å²) >= 11 is 0. The fraction of sp³-hybridized carbons (Fsp3) is 0.792. The average molecular weight is 506 g/mol. The summed E-state index contributed by atoms with van der Waals surface area (Å²) in [5, 5.41) is 13.4. The summed E-state index contributed by atoms with van der Waals surface area (Å²) in [5.41, 5.74) is 1.36. The molecular weight excluding hydrogens is 466 g/mol. The standard InChI is InChI=1S/C24H39N5O5Si/c1-6-35(7-2,8-3)34-16-10-9-15(11-16)28-21-18-22(26-13-25-21)29(14-27-18)23-20-19(17(12-30)31-23)32-24(4,5)33-20/h13-17,19-20,23,30H,6-12H2,1-5H3,(H,25,26,28). The van der Waals surface area contributed by atoms with E-state index >= 15 is 0 Å². The van der Waals surface area contributed by atoms with Gasteiger partial charge in [0, 0.05) is 12.1 Å². The predicted octanol–water partition coefficient (Wildman–Crippen LogP) is 3.59. The van der Waals surface area contributed by atoms with Crippen LogP contribution in [0.4, 0.5) is 5.82 Å². The number of hydrogen-bond donors (Lipinski definition) is 2. The van der Waals surface area contributed by atoms with Gasteiger partial charge in [-0.25, -0.2) is 15.0 Å². The number of hydrogen-bond acceptors (Lipinski definition) is 9. The summed E-state index contributed by atoms with van der Waals surface area (Å²) in [6.45, 7) is 10.4. The molecule has 3 fully saturated rings. The van der Waals surface area contributed by atoms with Crippen LogP contribution in [-0.2, 0) is 18.6 Å². The minimum absolute atomic E-state index is 0.144. The molecule has 194 valence electrons. The number of aliphatic hydroxyl groups excluding tert-OH is 1. The van der Waals surface area contributed by atoms with Crippen LogP contribution in [0.15, 0.2) is 12.7 Å². The van der Waals surface area contributed by atoms with Crippen LogP contribution in [-0.4, -0.2) is 75.8 Å². The molecule has 10 nitrogen and oxygen atoms in total. The minimum Gasteiger partial charge on any atom is -0.414 e. The quantitative estimate of drug-likeness (QED) is 0.494. The molecule has 0 aromatic carbocycles. The van der Waals surface area contributed by atoms with Crippen LogP contribution in [0.3, 0.4) is 0 Å². The number of imidazole rings is 1. The fourth-order valence-corrected chi connectivity index (χ4v) is 8.82. The summed E-state index contributed by atoms with van der Waals surface area (Å²) in [5.74, 6) is -0.0147. The van der Waals surface area contributed by atoms with Crippen molar-refractivity contribution in [2.75, 3.05) is 11.9 Å². The summed E-state index contributed by atoms with van der Waals surface area (Å²) < 4.78 is 26.9. The van der Waals surface area contributed by atoms with Crippen molar-refractivity contribution in [3.05, 3.63) is 12.7 Å². The van der Waals surface area contributed by atoms with Gasteiger partial charge in [-0.15, -0.1) is 0 Å². The van der Waals surface area contributed by atoms with Gasteiger partial charge >= 0.3 is 0 Å². The number of aliphatic hydroxyl groups is 1. The van der Waals surface area contributed by atoms with Crippen molar-refractivity contribution in [1.29, 1.82) is 0 Å². The summed E-state index contributed by atoms with van der Waals surface area (Å²) in [4.78, 5) is 13.7. The van der Waals surface area contributed by atoms with Gasteiger partial charge in [-0.2, -0.15) is 0 Å². The highest BCUT2D eigenvalue weighted by Gasteiger charge is 2.56. The molecule has 11 heteroatoms. The first-order valence-corrected chi connectivity index (χ1v) is 15.6. The maximum absolute atomic E-state index is 9.83. The number of fused-ring (bicyclic) bond motifs is 2. The van der Waals surface area contributed by atoms with E-state index in [1.165, 1.54) is 18.1 Å². The maximum Gasteiger partial charge on any atom is 0.192 e. The molecule has 2 saturated heterocycles. The molecular formula is C24H39N5O5Si. The molecule has 35 heavy (non-hydrogen) atoms. The molecule has 5 rings (SSSR count). The predicted molar refractivity (Wildman–Crippen MR) is 133 cm³/mol. The van der Waals surface area contributed by atoms with Gasteiger partial charge in [-0.05, 0) is 51.2 Å². The third-order valence-corrected chi connectivity index (χ3v) is 12.7. The zero-order valence-electron chi connectivity index (χ0n) is 21.4. The number of nitrogens with one attached hydrogen (secondary N) is 1. The van der Waals surface area contributed by atoms with Crippen molar-refractivity contribution in [2.45, 2.75) is 114 Å². The zero-order valence-corrected chi connectivity index (χ0v) is 22.4. The number of rotatable bonds is 9. The second kappa shape index (κ2) is 9.68. The number of anilines is 1. The molecule has 1 saturated carbocycles. The Kier molecular flexibility index (Phi) is 6.92. The summed E-state index contributed by atoms with van der Waals surface area (Å²) in [7, 11) is -1.61. The van der Waals surface area contributed by atoms with Gasteiger partial charge in [0.15, 0.2) is 37.3 Å². The van der Waals surface area contributed by atoms with Crippen molar-refractivity contribution in [3.8, 4) is 0 Å². The first-order chi connectivity index (χ1) is 16.8. The Morgan fingerprint density at radius 2 is 1.86 bits per heavy atom. The normalized spacial score (nSPS) is 32.4. The molecule has 2 N–H and O–H groups in total. The number of nitrogens with zero attached hydrogens (tertiary/aromatic N) is 4. The lowest BCUT2D eigenvalue weighted by molar-refractivity contribution is -0.199. The minimum atomic E-state index is -1.61. The van der Waals surface area contributed by atoms with Gasteiger partial charge < -0.3 is 29.1 Å². The van der Waals surface area contributed by atoms with Crippen molar-refractivity contribution in [1.82, 2.24) is 19.5 Å². The summed E-state index contributed by atoms with van der Waals surface area (Å²) in [6.07, 6.45) is 5.01. The first-order valence-electron chi connectivity index (χ1n) is 13.1. The van der Waals surface area contributed by atoms with Gasteiger partial charge in [-0.1, -0.05) is 20.8 Å². The van der Waals surface area contributed by atoms with E-state index in [4.69, 9.17) is 18.6 Å². The van der Waals surface area contributed by atoms with E-state index in [0.29, 0.717) is 23.3 Å². The van der Waals surface area contributed by atoms with E-state index in [-0.39, 0.29) is 18.8 Å². The van der Waals surface area contributed by atoms with E-state index < -0.39 is 26.4 Å². The first kappa shape index (κ1) is 25.0. The lowest BCUT2D eigenvalue weighted by Crippen LogP contribution is -2.39. The van der Waals surface area contributed by atoms with Gasteiger partial charge in [0.05, 0.1) is 12.9 Å². The Morgan fingerprint density at radius 1 is 1.11 bits per heavy atom. The van der Waals surface area contributed by atoms with Crippen LogP contribution in [0, 0.1) is 0 Å². The van der Waals surface area contributed by atoms with E-state index in [0.717, 1.165) is 25.1 Å². The lowest BCUT2D eigenvalue weighted by Gasteiger charge is -2.31. The average Bonchev–Trinajstić information content (AvgIpc) is 3.61. The van der Waals surface area contributed by atoms with Crippen molar-refractivity contribution >= 4 is 25.3 Å². The van der Waals surface area contributed by atoms with Crippen LogP contribution in [0.5, 0.6) is 0 Å². The highest BCUT2D eigenvalue weighted by molar-refractivity contribution is 6.73. The van der Waals surface area contributed by atoms with Gasteiger partial charge in [0.1, 0.15) is 24.6 Å². The van der Waals surface area contributed by atoms with Crippen LogP contribution in [0.1, 0.15) is 60.1 Å². The topological polar surface area (TPSA) is 113 Å². The Morgan fingerprint density at radius 3 is 2.57 bits per heavy atom. The molecule has 2 aromatic heterocycles. The van der Waals surface area contributed by atoms with Crippen LogP contribution in [0.25, 0.3) is 11.2 Å². The van der Waals surface area contributed by atoms with Crippen molar-refractivity contribution < 1.29 is 23.7 Å². The molecule has 2 aliphatic heterocycles. The van der Waals surface area contributed by atoms with Crippen molar-refractivity contribution in [3.63, 3.8) is 0 Å². The van der Waals surface area contributed by atoms with Crippen LogP contribution in [0.2, 0.25) is 18.1 Å². The smallest absolute Gasteiger partial charge is 0.192 e. The van der Waals surface area contributed by atoms with Crippen molar-refractivity contribution in [2.24, 2.45) is 0 Å². The maximum atomic E-state index is 9.83. The number of aromatic nitrogens is 4. The Hall–Kier alpha value is -1.63. The lowest BCUT2D eigenvalue weighted by atomic mass is 10.1. The Balaban J connectivity index is 1.32. The zero-order chi connectivity index (χ0) is 24.8. The van der Waals surface area contributed by atoms with Gasteiger partial charge in [-0.3, -0.25) is 4.57 Å². The Labute approximate surface area is 207 Å². The molecule has 3 aliphatic rings. The second-order valence-corrected chi connectivity index (χ2v) is 15.2. The molecule has 0 radical (unpaired) electrons. The highest BCUT2D eigenvalue weighted by atomic mass is 28.4. The number of ether oxygens (including phenoxy) is 3. The van der Waals surface area contributed by atoms with Gasteiger partial charge in [0.2, 0.25) is 0 Å². The van der Waals surface area contributed by atoms with Crippen LogP contribution >= 0.6 is 0 Å². The molecule has 2 aromatic rings. The molecule has 4 heterocycles. The van der Waals surface area contributed by atoms with E-state index in [9.17, 15) is 5.11 Å². The third-order valence-electron chi connectivity index (χ3n) is 8.01. The van der Waals surface area contributed by atoms with E-state index in [2.05, 4.69) is 41.0 Å². The van der Waals surface area contributed by atoms with Crippen LogP contribution < -0.4 is 5.32 Å². The van der Waals surface area contributed by atoms with E-state index in [1.807, 2.05) is 18.4 Å². The molecule has 0 spiro atoms. The highest BCUT2D eigenvalue weighted by Crippen LogP contribution is 2.43. The monoisotopic (exact) mass is 505 g/mol. The third kappa shape index (κ3) is 4.62.